The summed E-state index contributed by atoms with van der Waals surface area (Å²) >= 11 is 0. The fourth-order valence-electron chi connectivity index (χ4n) is 4.06. The summed E-state index contributed by atoms with van der Waals surface area (Å²) in [7, 11) is -2.17. The lowest BCUT2D eigenvalue weighted by molar-refractivity contribution is -0.145. The number of nitrogens with one attached hydrogen (secondary N) is 1. The van der Waals surface area contributed by atoms with Crippen molar-refractivity contribution in [3.63, 3.8) is 0 Å². The van der Waals surface area contributed by atoms with Crippen LogP contribution in [0.5, 0.6) is 0 Å². The van der Waals surface area contributed by atoms with Crippen LogP contribution in [-0.2, 0) is 14.8 Å². The molecule has 8 nitrogen and oxygen atoms in total. The van der Waals surface area contributed by atoms with Crippen LogP contribution in [0.2, 0.25) is 0 Å². The second-order valence-electron chi connectivity index (χ2n) is 7.36. The number of sulfonamides is 1. The molecule has 10 heteroatoms. The van der Waals surface area contributed by atoms with Gasteiger partial charge in [-0.25, -0.2) is 17.6 Å². The number of likely N-dealkylation sites (N-methyl/N-ethyl adjacent to an activating group) is 1. The molecule has 3 fully saturated rings. The first-order valence-electron chi connectivity index (χ1n) is 8.82. The number of likely N-dealkylation sites (tertiary alicyclic amines) is 1. The van der Waals surface area contributed by atoms with Crippen molar-refractivity contribution >= 4 is 22.0 Å². The monoisotopic (exact) mass is 396 g/mol. The second-order valence-corrected chi connectivity index (χ2v) is 9.25. The number of carbonyl (C=O) groups excluding carboxylic acids is 2. The molecule has 1 N–H and O–H groups in total. The fraction of sp³-hybridized carbons (Fsp3) is 0.529. The summed E-state index contributed by atoms with van der Waals surface area (Å²) in [6, 6.07) is 3.70. The van der Waals surface area contributed by atoms with E-state index in [1.807, 2.05) is 0 Å². The molecule has 3 heterocycles. The Balaban J connectivity index is 1.50. The van der Waals surface area contributed by atoms with Crippen LogP contribution in [0, 0.1) is 5.82 Å². The van der Waals surface area contributed by atoms with E-state index in [-0.39, 0.29) is 23.4 Å². The molecule has 1 aromatic rings. The van der Waals surface area contributed by atoms with Crippen molar-refractivity contribution in [3.05, 3.63) is 30.1 Å². The van der Waals surface area contributed by atoms with Crippen LogP contribution in [0.25, 0.3) is 0 Å². The van der Waals surface area contributed by atoms with Crippen LogP contribution in [0.1, 0.15) is 12.8 Å². The zero-order chi connectivity index (χ0) is 19.4. The number of amides is 3. The van der Waals surface area contributed by atoms with E-state index < -0.39 is 27.4 Å². The minimum absolute atomic E-state index is 0.0194. The molecule has 0 aliphatic carbocycles. The molecule has 0 saturated carbocycles. The van der Waals surface area contributed by atoms with E-state index in [9.17, 15) is 22.4 Å². The highest BCUT2D eigenvalue weighted by molar-refractivity contribution is 7.89. The van der Waals surface area contributed by atoms with E-state index >= 15 is 0 Å². The predicted octanol–water partition coefficient (Wildman–Crippen LogP) is 0.215. The molecule has 1 unspecified atom stereocenters. The van der Waals surface area contributed by atoms with Crippen LogP contribution in [-0.4, -0.2) is 79.3 Å². The van der Waals surface area contributed by atoms with Crippen LogP contribution in [0.15, 0.2) is 29.2 Å². The summed E-state index contributed by atoms with van der Waals surface area (Å²) < 4.78 is 40.1. The van der Waals surface area contributed by atoms with Crippen molar-refractivity contribution in [3.8, 4) is 0 Å². The number of benzene rings is 1. The zero-order valence-electron chi connectivity index (χ0n) is 14.9. The highest BCUT2D eigenvalue weighted by atomic mass is 32.2. The Hall–Kier alpha value is -2.20. The first kappa shape index (κ1) is 18.2. The normalized spacial score (nSPS) is 25.0. The van der Waals surface area contributed by atoms with Crippen LogP contribution in [0.4, 0.5) is 9.18 Å². The molecule has 3 aliphatic rings. The van der Waals surface area contributed by atoms with Gasteiger partial charge >= 0.3 is 6.03 Å². The van der Waals surface area contributed by atoms with Gasteiger partial charge in [-0.05, 0) is 37.1 Å². The molecule has 0 bridgehead atoms. The third kappa shape index (κ3) is 2.78. The largest absolute Gasteiger partial charge is 0.336 e. The van der Waals surface area contributed by atoms with E-state index in [0.717, 1.165) is 12.1 Å². The Morgan fingerprint density at radius 3 is 2.52 bits per heavy atom. The van der Waals surface area contributed by atoms with Crippen LogP contribution < -0.4 is 5.32 Å². The first-order valence-corrected chi connectivity index (χ1v) is 10.3. The summed E-state index contributed by atoms with van der Waals surface area (Å²) in [5.41, 5.74) is -0.397. The lowest BCUT2D eigenvalue weighted by Crippen LogP contribution is -2.71. The lowest BCUT2D eigenvalue weighted by atomic mass is 9.88. The zero-order valence-corrected chi connectivity index (χ0v) is 15.7. The van der Waals surface area contributed by atoms with Gasteiger partial charge in [0.25, 0.3) is 0 Å². The van der Waals surface area contributed by atoms with Gasteiger partial charge in [0, 0.05) is 33.2 Å². The molecule has 3 saturated heterocycles. The lowest BCUT2D eigenvalue weighted by Gasteiger charge is -2.51. The topological polar surface area (TPSA) is 90.0 Å². The van der Waals surface area contributed by atoms with Gasteiger partial charge in [-0.1, -0.05) is 0 Å². The average molecular weight is 396 g/mol. The number of hydrogen-bond donors (Lipinski definition) is 1. The van der Waals surface area contributed by atoms with Gasteiger partial charge < -0.3 is 15.1 Å². The Bertz CT molecular complexity index is 883. The number of rotatable bonds is 3. The number of nitrogens with zero attached hydrogens (tertiary/aromatic N) is 3. The molecule has 4 rings (SSSR count). The van der Waals surface area contributed by atoms with Gasteiger partial charge in [-0.3, -0.25) is 4.79 Å². The van der Waals surface area contributed by atoms with Crippen LogP contribution in [0.3, 0.4) is 0 Å². The van der Waals surface area contributed by atoms with Gasteiger partial charge in [0.1, 0.15) is 11.9 Å². The molecule has 0 radical (unpaired) electrons. The van der Waals surface area contributed by atoms with Crippen molar-refractivity contribution in [2.45, 2.75) is 29.3 Å². The van der Waals surface area contributed by atoms with Gasteiger partial charge in [-0.15, -0.1) is 0 Å². The molecule has 146 valence electrons. The third-order valence-corrected chi connectivity index (χ3v) is 7.70. The third-order valence-electron chi connectivity index (χ3n) is 5.78. The summed E-state index contributed by atoms with van der Waals surface area (Å²) in [5, 5.41) is 2.76. The number of hydrogen-bond acceptors (Lipinski definition) is 4. The molecular weight excluding hydrogens is 375 g/mol. The van der Waals surface area contributed by atoms with Crippen molar-refractivity contribution in [1.29, 1.82) is 0 Å². The van der Waals surface area contributed by atoms with E-state index in [0.29, 0.717) is 32.5 Å². The molecule has 1 spiro atoms. The van der Waals surface area contributed by atoms with Gasteiger partial charge in [-0.2, -0.15) is 4.31 Å². The van der Waals surface area contributed by atoms with Gasteiger partial charge in [0.05, 0.1) is 10.4 Å². The molecular formula is C17H21FN4O4S. The second kappa shape index (κ2) is 6.16. The summed E-state index contributed by atoms with van der Waals surface area (Å²) in [6.45, 7) is 1.52. The molecule has 1 aromatic carbocycles. The molecule has 3 amide bonds. The minimum atomic E-state index is -3.87. The Morgan fingerprint density at radius 2 is 1.93 bits per heavy atom. The first-order chi connectivity index (χ1) is 12.7. The summed E-state index contributed by atoms with van der Waals surface area (Å²) in [5.74, 6) is -0.755. The molecule has 27 heavy (non-hydrogen) atoms. The van der Waals surface area contributed by atoms with Gasteiger partial charge in [0.2, 0.25) is 15.9 Å². The van der Waals surface area contributed by atoms with E-state index in [2.05, 4.69) is 5.32 Å². The van der Waals surface area contributed by atoms with Gasteiger partial charge in [0.15, 0.2) is 0 Å². The Morgan fingerprint density at radius 1 is 1.26 bits per heavy atom. The maximum atomic E-state index is 13.1. The van der Waals surface area contributed by atoms with E-state index in [4.69, 9.17) is 0 Å². The average Bonchev–Trinajstić information content (AvgIpc) is 3.20. The highest BCUT2D eigenvalue weighted by Crippen LogP contribution is 2.33. The van der Waals surface area contributed by atoms with Crippen molar-refractivity contribution in [1.82, 2.24) is 19.4 Å². The minimum Gasteiger partial charge on any atom is -0.336 e. The highest BCUT2D eigenvalue weighted by Gasteiger charge is 2.55. The summed E-state index contributed by atoms with van der Waals surface area (Å²) in [6.07, 6.45) is 1.05. The SMILES string of the molecule is CN1C(=O)NCC12CN(C(=O)C1CCCN1S(=O)(=O)c1ccc(F)cc1)C2. The predicted molar refractivity (Wildman–Crippen MR) is 93.8 cm³/mol. The smallest absolute Gasteiger partial charge is 0.317 e. The summed E-state index contributed by atoms with van der Waals surface area (Å²) in [4.78, 5) is 27.8. The van der Waals surface area contributed by atoms with Crippen LogP contribution >= 0.6 is 0 Å². The van der Waals surface area contributed by atoms with Crippen molar-refractivity contribution in [2.24, 2.45) is 0 Å². The van der Waals surface area contributed by atoms with Crippen molar-refractivity contribution < 1.29 is 22.4 Å². The Kier molecular flexibility index (Phi) is 4.15. The Labute approximate surface area is 157 Å². The number of urea groups is 1. The fourth-order valence-corrected chi connectivity index (χ4v) is 5.71. The number of carbonyl (C=O) groups is 2. The van der Waals surface area contributed by atoms with E-state index in [1.165, 1.54) is 16.4 Å². The number of halogens is 1. The maximum absolute atomic E-state index is 13.1. The molecule has 1 atom stereocenters. The molecule has 3 aliphatic heterocycles. The van der Waals surface area contributed by atoms with Crippen molar-refractivity contribution in [2.75, 3.05) is 33.2 Å². The van der Waals surface area contributed by atoms with E-state index in [1.54, 1.807) is 16.8 Å². The molecule has 0 aromatic heterocycles. The standard InChI is InChI=1S/C17H21FN4O4S/c1-20-16(24)19-9-17(20)10-21(11-17)15(23)14-3-2-8-22(14)27(25,26)13-6-4-12(18)5-7-13/h4-7,14H,2-3,8-11H2,1H3,(H,19,24). The quantitative estimate of drug-likeness (QED) is 0.791. The maximum Gasteiger partial charge on any atom is 0.317 e.